The van der Waals surface area contributed by atoms with Gasteiger partial charge in [0.2, 0.25) is 0 Å². The van der Waals surface area contributed by atoms with E-state index in [0.29, 0.717) is 12.6 Å². The van der Waals surface area contributed by atoms with E-state index in [1.807, 2.05) is 32.9 Å². The highest BCUT2D eigenvalue weighted by molar-refractivity contribution is 7.13. The molecule has 0 amide bonds. The van der Waals surface area contributed by atoms with Crippen LogP contribution in [0.1, 0.15) is 27.2 Å². The van der Waals surface area contributed by atoms with Gasteiger partial charge >= 0.3 is 0 Å². The molecule has 0 bridgehead atoms. The Balaban J connectivity index is 0. The fraction of sp³-hybridized carbons (Fsp3) is 0.500. The monoisotopic (exact) mass is 228 g/mol. The van der Waals surface area contributed by atoms with Gasteiger partial charge in [-0.15, -0.1) is 0 Å². The molecule has 0 aromatic rings. The van der Waals surface area contributed by atoms with Gasteiger partial charge in [0.05, 0.1) is 0 Å². The van der Waals surface area contributed by atoms with Crippen LogP contribution in [-0.4, -0.2) is 12.6 Å². The third-order valence-electron chi connectivity index (χ3n) is 1.71. The van der Waals surface area contributed by atoms with Crippen molar-refractivity contribution in [3.63, 3.8) is 0 Å². The van der Waals surface area contributed by atoms with Crippen molar-refractivity contribution in [3.05, 3.63) is 36.5 Å². The topological polar surface area (TPSA) is 38.0 Å². The summed E-state index contributed by atoms with van der Waals surface area (Å²) in [6.07, 6.45) is 8.82. The molecule has 0 radical (unpaired) electrons. The van der Waals surface area contributed by atoms with Crippen LogP contribution in [0.15, 0.2) is 36.5 Å². The zero-order valence-corrected chi connectivity index (χ0v) is 11.3. The Morgan fingerprint density at radius 3 is 2.47 bits per heavy atom. The second-order valence-electron chi connectivity index (χ2n) is 2.78. The Hall–Kier alpha value is -0.430. The molecule has 0 fully saturated rings. The molecule has 0 aliphatic heterocycles. The van der Waals surface area contributed by atoms with E-state index in [1.165, 1.54) is 5.57 Å². The van der Waals surface area contributed by atoms with Gasteiger partial charge in [-0.3, -0.25) is 5.09 Å². The number of hydrogen-bond donors (Lipinski definition) is 2. The molecule has 15 heavy (non-hydrogen) atoms. The maximum Gasteiger partial charge on any atom is 0.0262 e. The minimum atomic E-state index is 0.312. The zero-order chi connectivity index (χ0) is 12.1. The maximum absolute atomic E-state index is 5.57. The van der Waals surface area contributed by atoms with Crippen LogP contribution in [0.5, 0.6) is 0 Å². The molecule has 0 heterocycles. The molecule has 88 valence electrons. The van der Waals surface area contributed by atoms with Crippen LogP contribution in [0.25, 0.3) is 0 Å². The van der Waals surface area contributed by atoms with E-state index < -0.39 is 0 Å². The van der Waals surface area contributed by atoms with E-state index in [-0.39, 0.29) is 0 Å². The summed E-state index contributed by atoms with van der Waals surface area (Å²) in [6.45, 7) is 10.3. The van der Waals surface area contributed by atoms with Crippen molar-refractivity contribution in [1.29, 1.82) is 0 Å². The van der Waals surface area contributed by atoms with Crippen LogP contribution in [0.3, 0.4) is 0 Å². The summed E-state index contributed by atoms with van der Waals surface area (Å²) in [5.74, 6) is 0. The van der Waals surface area contributed by atoms with Crippen LogP contribution in [0, 0.1) is 0 Å². The van der Waals surface area contributed by atoms with Crippen LogP contribution in [-0.2, 0) is 0 Å². The highest BCUT2D eigenvalue weighted by atomic mass is 31.0. The third kappa shape index (κ3) is 9.86. The molecule has 2 atom stereocenters. The van der Waals surface area contributed by atoms with Crippen molar-refractivity contribution in [2.24, 2.45) is 5.73 Å². The molecule has 0 saturated heterocycles. The second kappa shape index (κ2) is 13.6. The molecule has 3 N–H and O–H groups in total. The summed E-state index contributed by atoms with van der Waals surface area (Å²) in [5, 5.41) is 3.08. The SMILES string of the molecule is C=C/C=C(\C=C/C)CC(CN)NP.CC. The summed E-state index contributed by atoms with van der Waals surface area (Å²) in [6, 6.07) is 0.312. The van der Waals surface area contributed by atoms with Crippen molar-refractivity contribution in [2.45, 2.75) is 33.2 Å². The Bertz CT molecular complexity index is 194. The van der Waals surface area contributed by atoms with Gasteiger partial charge in [0.15, 0.2) is 0 Å². The lowest BCUT2D eigenvalue weighted by atomic mass is 10.1. The molecule has 0 aliphatic rings. The molecule has 0 aromatic heterocycles. The Morgan fingerprint density at radius 2 is 2.13 bits per heavy atom. The van der Waals surface area contributed by atoms with Crippen LogP contribution in [0.2, 0.25) is 0 Å². The molecule has 0 aromatic carbocycles. The van der Waals surface area contributed by atoms with Crippen molar-refractivity contribution in [1.82, 2.24) is 5.09 Å². The number of nitrogens with one attached hydrogen (secondary N) is 1. The Kier molecular flexibility index (Phi) is 15.4. The third-order valence-corrected chi connectivity index (χ3v) is 2.19. The molecule has 2 unspecified atom stereocenters. The first-order valence-electron chi connectivity index (χ1n) is 5.39. The summed E-state index contributed by atoms with van der Waals surface area (Å²) < 4.78 is 0. The average Bonchev–Trinajstić information content (AvgIpc) is 2.29. The summed E-state index contributed by atoms with van der Waals surface area (Å²) in [4.78, 5) is 0. The first kappa shape index (κ1) is 17.0. The Morgan fingerprint density at radius 1 is 1.53 bits per heavy atom. The van der Waals surface area contributed by atoms with Gasteiger partial charge in [0.1, 0.15) is 0 Å². The zero-order valence-electron chi connectivity index (χ0n) is 10.2. The molecule has 0 rings (SSSR count). The van der Waals surface area contributed by atoms with E-state index >= 15 is 0 Å². The fourth-order valence-electron chi connectivity index (χ4n) is 1.05. The largest absolute Gasteiger partial charge is 0.329 e. The number of nitrogens with two attached hydrogens (primary N) is 1. The van der Waals surface area contributed by atoms with Crippen molar-refractivity contribution >= 4 is 9.39 Å². The highest BCUT2D eigenvalue weighted by Crippen LogP contribution is 2.08. The van der Waals surface area contributed by atoms with Crippen LogP contribution < -0.4 is 10.8 Å². The lowest BCUT2D eigenvalue weighted by Crippen LogP contribution is -2.29. The van der Waals surface area contributed by atoms with E-state index in [9.17, 15) is 0 Å². The fourth-order valence-corrected chi connectivity index (χ4v) is 1.31. The summed E-state index contributed by atoms with van der Waals surface area (Å²) in [7, 11) is 2.49. The second-order valence-corrected chi connectivity index (χ2v) is 3.11. The maximum atomic E-state index is 5.57. The number of allylic oxidation sites excluding steroid dienone is 4. The highest BCUT2D eigenvalue weighted by Gasteiger charge is 2.03. The predicted octanol–water partition coefficient (Wildman–Crippen LogP) is 2.80. The standard InChI is InChI=1S/C10H19N2P.C2H6/c1-3-5-9(6-4-2)7-10(8-11)12-13;1-2/h3-6,10,12H,1,7-8,11,13H2,2H3;1-2H3/b6-4-,9-5+;. The number of hydrogen-bond acceptors (Lipinski definition) is 2. The summed E-state index contributed by atoms with van der Waals surface area (Å²) >= 11 is 0. The quantitative estimate of drug-likeness (QED) is 0.542. The molecular formula is C12H25N2P. The van der Waals surface area contributed by atoms with E-state index in [0.717, 1.165) is 6.42 Å². The number of rotatable bonds is 6. The van der Waals surface area contributed by atoms with Crippen molar-refractivity contribution < 1.29 is 0 Å². The average molecular weight is 228 g/mol. The molecule has 0 saturated carbocycles. The molecule has 0 aliphatic carbocycles. The molecular weight excluding hydrogens is 203 g/mol. The van der Waals surface area contributed by atoms with Gasteiger partial charge in [-0.1, -0.05) is 54.1 Å². The Labute approximate surface area is 97.0 Å². The minimum Gasteiger partial charge on any atom is -0.329 e. The van der Waals surface area contributed by atoms with Gasteiger partial charge in [0, 0.05) is 12.6 Å². The lowest BCUT2D eigenvalue weighted by molar-refractivity contribution is 0.639. The van der Waals surface area contributed by atoms with Gasteiger partial charge in [-0.2, -0.15) is 0 Å². The summed E-state index contributed by atoms with van der Waals surface area (Å²) in [5.41, 5.74) is 6.81. The van der Waals surface area contributed by atoms with Crippen molar-refractivity contribution in [2.75, 3.05) is 6.54 Å². The van der Waals surface area contributed by atoms with Crippen molar-refractivity contribution in [3.8, 4) is 0 Å². The van der Waals surface area contributed by atoms with Crippen LogP contribution >= 0.6 is 9.39 Å². The van der Waals surface area contributed by atoms with Gasteiger partial charge in [0.25, 0.3) is 0 Å². The van der Waals surface area contributed by atoms with E-state index in [4.69, 9.17) is 5.73 Å². The van der Waals surface area contributed by atoms with Crippen LogP contribution in [0.4, 0.5) is 0 Å². The van der Waals surface area contributed by atoms with Gasteiger partial charge < -0.3 is 5.73 Å². The first-order chi connectivity index (χ1) is 7.28. The van der Waals surface area contributed by atoms with Gasteiger partial charge in [-0.05, 0) is 18.9 Å². The lowest BCUT2D eigenvalue weighted by Gasteiger charge is -2.13. The molecule has 0 spiro atoms. The van der Waals surface area contributed by atoms with Gasteiger partial charge in [-0.25, -0.2) is 0 Å². The van der Waals surface area contributed by atoms with E-state index in [1.54, 1.807) is 6.08 Å². The normalized spacial score (nSPS) is 13.3. The molecule has 2 nitrogen and oxygen atoms in total. The first-order valence-corrected chi connectivity index (χ1v) is 5.96. The predicted molar refractivity (Wildman–Crippen MR) is 74.7 cm³/mol. The van der Waals surface area contributed by atoms with E-state index in [2.05, 4.69) is 27.1 Å². The molecule has 3 heteroatoms. The smallest absolute Gasteiger partial charge is 0.0262 e. The minimum absolute atomic E-state index is 0.312.